The number of aryl methyl sites for hydroxylation is 1. The smallest absolute Gasteiger partial charge is 0.343 e. The van der Waals surface area contributed by atoms with Crippen LogP contribution in [0.5, 0.6) is 5.75 Å². The van der Waals surface area contributed by atoms with Crippen molar-refractivity contribution >= 4 is 16.9 Å². The third-order valence-electron chi connectivity index (χ3n) is 6.77. The van der Waals surface area contributed by atoms with Crippen LogP contribution in [-0.4, -0.2) is 37.4 Å². The predicted octanol–water partition coefficient (Wildman–Crippen LogP) is 1.88. The van der Waals surface area contributed by atoms with Gasteiger partial charge in [0.25, 0.3) is 5.56 Å². The van der Waals surface area contributed by atoms with Gasteiger partial charge in [0, 0.05) is 28.7 Å². The number of aromatic hydroxyl groups is 1. The summed E-state index contributed by atoms with van der Waals surface area (Å²) in [5, 5.41) is 31.7. The lowest BCUT2D eigenvalue weighted by Gasteiger charge is -2.31. The highest BCUT2D eigenvalue weighted by Gasteiger charge is 2.45. The maximum atomic E-state index is 13.4. The molecule has 0 amide bonds. The summed E-state index contributed by atoms with van der Waals surface area (Å²) in [5.74, 6) is -0.644. The Morgan fingerprint density at radius 1 is 1.19 bits per heavy atom. The lowest BCUT2D eigenvalue weighted by atomic mass is 9.86. The van der Waals surface area contributed by atoms with Crippen LogP contribution in [-0.2, 0) is 41.1 Å². The van der Waals surface area contributed by atoms with E-state index in [4.69, 9.17) is 9.72 Å². The Hall–Kier alpha value is -3.23. The minimum atomic E-state index is -1.87. The molecule has 0 radical (unpaired) electrons. The van der Waals surface area contributed by atoms with Crippen molar-refractivity contribution in [1.82, 2.24) is 9.55 Å². The van der Waals surface area contributed by atoms with E-state index < -0.39 is 11.6 Å². The number of nitrogens with zero attached hydrogens (tertiary/aromatic N) is 2. The number of aliphatic hydroxyl groups excluding tert-OH is 1. The zero-order chi connectivity index (χ0) is 22.8. The zero-order valence-corrected chi connectivity index (χ0v) is 17.9. The zero-order valence-electron chi connectivity index (χ0n) is 17.9. The van der Waals surface area contributed by atoms with Crippen molar-refractivity contribution in [1.29, 1.82) is 0 Å². The van der Waals surface area contributed by atoms with Crippen molar-refractivity contribution in [2.24, 2.45) is 0 Å². The van der Waals surface area contributed by atoms with Gasteiger partial charge in [-0.05, 0) is 43.0 Å². The molecular weight excluding hydrogens is 412 g/mol. The number of rotatable bonds is 4. The van der Waals surface area contributed by atoms with Crippen molar-refractivity contribution in [3.8, 4) is 17.1 Å². The molecular formula is C24H24N2O6. The van der Waals surface area contributed by atoms with Crippen LogP contribution in [0.3, 0.4) is 0 Å². The number of aliphatic hydroxyl groups is 2. The summed E-state index contributed by atoms with van der Waals surface area (Å²) in [4.78, 5) is 30.5. The fourth-order valence-electron chi connectivity index (χ4n) is 5.08. The van der Waals surface area contributed by atoms with Gasteiger partial charge in [0.05, 0.1) is 29.0 Å². The summed E-state index contributed by atoms with van der Waals surface area (Å²) in [6.45, 7) is 3.70. The van der Waals surface area contributed by atoms with Gasteiger partial charge in [0.2, 0.25) is 0 Å². The van der Waals surface area contributed by atoms with Gasteiger partial charge >= 0.3 is 5.97 Å². The molecule has 0 saturated carbocycles. The number of phenols is 1. The first kappa shape index (κ1) is 20.7. The quantitative estimate of drug-likeness (QED) is 0.418. The molecule has 1 unspecified atom stereocenters. The first-order chi connectivity index (χ1) is 15.3. The Labute approximate surface area is 183 Å². The summed E-state index contributed by atoms with van der Waals surface area (Å²) < 4.78 is 6.73. The average Bonchev–Trinajstić information content (AvgIpc) is 3.16. The lowest BCUT2D eigenvalue weighted by molar-refractivity contribution is -0.172. The fourth-order valence-corrected chi connectivity index (χ4v) is 5.08. The molecule has 3 aromatic rings. The van der Waals surface area contributed by atoms with Gasteiger partial charge < -0.3 is 24.6 Å². The highest BCUT2D eigenvalue weighted by atomic mass is 16.6. The fraction of sp³-hybridized carbons (Fsp3) is 0.375. The minimum absolute atomic E-state index is 0.0870. The van der Waals surface area contributed by atoms with Crippen LogP contribution in [0.25, 0.3) is 22.3 Å². The monoisotopic (exact) mass is 436 g/mol. The Morgan fingerprint density at radius 3 is 2.66 bits per heavy atom. The number of cyclic esters (lactones) is 1. The molecule has 8 heteroatoms. The molecule has 166 valence electrons. The third-order valence-corrected chi connectivity index (χ3v) is 6.77. The number of pyridine rings is 2. The van der Waals surface area contributed by atoms with E-state index in [1.165, 1.54) is 0 Å². The summed E-state index contributed by atoms with van der Waals surface area (Å²) in [7, 11) is 0. The number of aromatic nitrogens is 2. The van der Waals surface area contributed by atoms with Gasteiger partial charge in [-0.1, -0.05) is 13.8 Å². The van der Waals surface area contributed by atoms with Gasteiger partial charge in [-0.15, -0.1) is 0 Å². The molecule has 5 rings (SSSR count). The molecule has 0 bridgehead atoms. The van der Waals surface area contributed by atoms with E-state index in [2.05, 4.69) is 0 Å². The normalized spacial score (nSPS) is 18.9. The van der Waals surface area contributed by atoms with Crippen molar-refractivity contribution < 1.29 is 24.9 Å². The van der Waals surface area contributed by atoms with Crippen molar-refractivity contribution in [3.05, 3.63) is 56.4 Å². The van der Waals surface area contributed by atoms with E-state index in [1.54, 1.807) is 29.7 Å². The number of hydrogen-bond donors (Lipinski definition) is 3. The average molecular weight is 436 g/mol. The molecule has 3 N–H and O–H groups in total. The second kappa shape index (κ2) is 7.15. The van der Waals surface area contributed by atoms with Crippen LogP contribution in [0.4, 0.5) is 0 Å². The van der Waals surface area contributed by atoms with Gasteiger partial charge in [-0.3, -0.25) is 4.79 Å². The molecule has 0 fully saturated rings. The van der Waals surface area contributed by atoms with Crippen LogP contribution in [0.2, 0.25) is 0 Å². The summed E-state index contributed by atoms with van der Waals surface area (Å²) >= 11 is 0. The molecule has 4 heterocycles. The Bertz CT molecular complexity index is 1360. The number of esters is 1. The van der Waals surface area contributed by atoms with Gasteiger partial charge in [-0.2, -0.15) is 0 Å². The Morgan fingerprint density at radius 2 is 1.97 bits per heavy atom. The molecule has 2 aliphatic rings. The molecule has 2 aromatic heterocycles. The molecule has 32 heavy (non-hydrogen) atoms. The number of phenolic OH excluding ortho intramolecular Hbond substituents is 1. The van der Waals surface area contributed by atoms with Gasteiger partial charge in [-0.25, -0.2) is 9.78 Å². The van der Waals surface area contributed by atoms with E-state index in [1.807, 2.05) is 6.92 Å². The maximum Gasteiger partial charge on any atom is 0.343 e. The summed E-state index contributed by atoms with van der Waals surface area (Å²) in [5.41, 5.74) is 2.71. The standard InChI is InChI=1S/C24H24N2O6/c1-3-12-14-10-26-18(9-16-15(22(26)29)11-32-23(30)24(16,31)4-2)21(14)25-17-5-6-19(28)13(7-8-27)20(12)17/h5-6,9,27-28,31H,3-4,7-8,10-11H2,1-2H3. The van der Waals surface area contributed by atoms with Crippen LogP contribution in [0, 0.1) is 0 Å². The number of fused-ring (bicyclic) bond motifs is 5. The van der Waals surface area contributed by atoms with Gasteiger partial charge in [0.1, 0.15) is 12.4 Å². The van der Waals surface area contributed by atoms with E-state index >= 15 is 0 Å². The van der Waals surface area contributed by atoms with E-state index in [0.717, 1.165) is 16.5 Å². The van der Waals surface area contributed by atoms with E-state index in [-0.39, 0.29) is 42.1 Å². The SMILES string of the molecule is CCc1c2c(nc3ccc(O)c(CCO)c13)-c1cc3c(c(=O)n1C2)COC(=O)C3(O)CC. The van der Waals surface area contributed by atoms with Crippen molar-refractivity contribution in [3.63, 3.8) is 0 Å². The topological polar surface area (TPSA) is 122 Å². The molecule has 0 aliphatic carbocycles. The Kier molecular flexibility index (Phi) is 4.61. The molecule has 1 aromatic carbocycles. The van der Waals surface area contributed by atoms with Gasteiger partial charge in [0.15, 0.2) is 5.60 Å². The summed E-state index contributed by atoms with van der Waals surface area (Å²) in [6, 6.07) is 4.98. The minimum Gasteiger partial charge on any atom is -0.508 e. The maximum absolute atomic E-state index is 13.4. The lowest BCUT2D eigenvalue weighted by Crippen LogP contribution is -2.44. The van der Waals surface area contributed by atoms with E-state index in [9.17, 15) is 24.9 Å². The second-order valence-corrected chi connectivity index (χ2v) is 8.31. The first-order valence-electron chi connectivity index (χ1n) is 10.8. The molecule has 2 aliphatic heterocycles. The van der Waals surface area contributed by atoms with Crippen LogP contribution in [0.1, 0.15) is 48.1 Å². The summed E-state index contributed by atoms with van der Waals surface area (Å²) in [6.07, 6.45) is 1.02. The number of hydrogen-bond acceptors (Lipinski definition) is 7. The Balaban J connectivity index is 1.83. The van der Waals surface area contributed by atoms with Crippen LogP contribution >= 0.6 is 0 Å². The number of carbonyl (C=O) groups excluding carboxylic acids is 1. The number of carbonyl (C=O) groups is 1. The first-order valence-corrected chi connectivity index (χ1v) is 10.8. The predicted molar refractivity (Wildman–Crippen MR) is 116 cm³/mol. The van der Waals surface area contributed by atoms with Crippen molar-refractivity contribution in [2.75, 3.05) is 6.61 Å². The third kappa shape index (κ3) is 2.59. The highest BCUT2D eigenvalue weighted by Crippen LogP contribution is 2.41. The molecule has 0 saturated heterocycles. The largest absolute Gasteiger partial charge is 0.508 e. The number of ether oxygens (including phenoxy) is 1. The van der Waals surface area contributed by atoms with Crippen molar-refractivity contribution in [2.45, 2.75) is 51.9 Å². The molecule has 1 atom stereocenters. The molecule has 8 nitrogen and oxygen atoms in total. The van der Waals surface area contributed by atoms with E-state index in [0.29, 0.717) is 41.9 Å². The van der Waals surface area contributed by atoms with Crippen LogP contribution in [0.15, 0.2) is 23.0 Å². The number of benzene rings is 1. The second-order valence-electron chi connectivity index (χ2n) is 8.31. The van der Waals surface area contributed by atoms with Crippen LogP contribution < -0.4 is 5.56 Å². The molecule has 0 spiro atoms. The highest BCUT2D eigenvalue weighted by molar-refractivity contribution is 5.92.